The molecule has 0 atom stereocenters. The van der Waals surface area contributed by atoms with Gasteiger partial charge in [0.2, 0.25) is 0 Å². The van der Waals surface area contributed by atoms with E-state index >= 15 is 0 Å². The Balaban J connectivity index is 1.38. The van der Waals surface area contributed by atoms with Gasteiger partial charge < -0.3 is 9.47 Å². The Hall–Kier alpha value is -3.65. The highest BCUT2D eigenvalue weighted by Crippen LogP contribution is 2.24. The number of hydrogen-bond acceptors (Lipinski definition) is 5. The molecule has 8 heteroatoms. The molecule has 0 heterocycles. The van der Waals surface area contributed by atoms with Crippen molar-refractivity contribution < 1.29 is 19.1 Å². The molecule has 3 N–H and O–H groups in total. The van der Waals surface area contributed by atoms with Gasteiger partial charge in [0.05, 0.1) is 6.61 Å². The Morgan fingerprint density at radius 3 is 2.41 bits per heavy atom. The molecule has 3 aromatic carbocycles. The largest absolute Gasteiger partial charge is 0.494 e. The summed E-state index contributed by atoms with van der Waals surface area (Å²) in [5.41, 5.74) is 5.35. The van der Waals surface area contributed by atoms with Gasteiger partial charge >= 0.3 is 0 Å². The lowest BCUT2D eigenvalue weighted by Crippen LogP contribution is -2.49. The number of benzene rings is 3. The summed E-state index contributed by atoms with van der Waals surface area (Å²) in [6.07, 6.45) is 4.54. The summed E-state index contributed by atoms with van der Waals surface area (Å²) >= 11 is 5.08. The molecule has 0 saturated heterocycles. The van der Waals surface area contributed by atoms with Crippen molar-refractivity contribution in [3.8, 4) is 11.5 Å². The number of fused-ring (bicyclic) bond motifs is 1. The van der Waals surface area contributed by atoms with E-state index in [1.54, 1.807) is 30.3 Å². The van der Waals surface area contributed by atoms with Crippen molar-refractivity contribution in [3.05, 3.63) is 72.3 Å². The van der Waals surface area contributed by atoms with Crippen LogP contribution in [-0.2, 0) is 4.79 Å². The SMILES string of the molecule is CCCCCCOc1ccc(C(=O)NC(=S)NNC(=O)COc2cccc3ccccc23)cc1. The average Bonchev–Trinajstić information content (AvgIpc) is 2.86. The summed E-state index contributed by atoms with van der Waals surface area (Å²) in [7, 11) is 0. The molecule has 0 aliphatic rings. The topological polar surface area (TPSA) is 88.7 Å². The number of rotatable bonds is 10. The molecule has 0 unspecified atom stereocenters. The molecule has 3 aromatic rings. The first-order valence-corrected chi connectivity index (χ1v) is 11.7. The Labute approximate surface area is 204 Å². The second-order valence-corrected chi connectivity index (χ2v) is 8.06. The molecule has 178 valence electrons. The van der Waals surface area contributed by atoms with E-state index in [1.165, 1.54) is 12.8 Å². The van der Waals surface area contributed by atoms with Gasteiger partial charge in [-0.3, -0.25) is 25.8 Å². The molecule has 0 spiro atoms. The van der Waals surface area contributed by atoms with Crippen LogP contribution in [0.4, 0.5) is 0 Å². The van der Waals surface area contributed by atoms with Gasteiger partial charge in [0.1, 0.15) is 11.5 Å². The molecule has 0 fully saturated rings. The fourth-order valence-electron chi connectivity index (χ4n) is 3.26. The third-order valence-corrected chi connectivity index (χ3v) is 5.24. The van der Waals surface area contributed by atoms with Crippen molar-refractivity contribution in [2.45, 2.75) is 32.6 Å². The standard InChI is InChI=1S/C26H29N3O4S/c1-2-3-4-7-17-32-21-15-13-20(14-16-21)25(31)27-26(34)29-28-24(30)18-33-23-12-8-10-19-9-5-6-11-22(19)23/h5-6,8-16H,2-4,7,17-18H2,1H3,(H,28,30)(H2,27,29,31,34). The maximum Gasteiger partial charge on any atom is 0.276 e. The predicted molar refractivity (Wildman–Crippen MR) is 137 cm³/mol. The number of thiocarbonyl (C=S) groups is 1. The lowest BCUT2D eigenvalue weighted by Gasteiger charge is -2.12. The van der Waals surface area contributed by atoms with E-state index in [0.29, 0.717) is 23.7 Å². The highest BCUT2D eigenvalue weighted by atomic mass is 32.1. The number of hydrazine groups is 1. The van der Waals surface area contributed by atoms with Crippen molar-refractivity contribution in [3.63, 3.8) is 0 Å². The molecule has 3 rings (SSSR count). The van der Waals surface area contributed by atoms with Crippen molar-refractivity contribution in [1.29, 1.82) is 0 Å². The maximum atomic E-state index is 12.4. The van der Waals surface area contributed by atoms with E-state index < -0.39 is 11.8 Å². The van der Waals surface area contributed by atoms with Crippen molar-refractivity contribution in [1.82, 2.24) is 16.2 Å². The molecule has 0 aliphatic heterocycles. The van der Waals surface area contributed by atoms with Crippen LogP contribution in [0.15, 0.2) is 66.7 Å². The number of amides is 2. The number of unbranched alkanes of at least 4 members (excludes halogenated alkanes) is 3. The lowest BCUT2D eigenvalue weighted by molar-refractivity contribution is -0.123. The maximum absolute atomic E-state index is 12.4. The zero-order valence-corrected chi connectivity index (χ0v) is 20.0. The molecule has 2 amide bonds. The van der Waals surface area contributed by atoms with Crippen LogP contribution in [0.1, 0.15) is 43.0 Å². The van der Waals surface area contributed by atoms with Crippen LogP contribution in [0, 0.1) is 0 Å². The minimum Gasteiger partial charge on any atom is -0.494 e. The zero-order chi connectivity index (χ0) is 24.2. The molecule has 0 aliphatic carbocycles. The van der Waals surface area contributed by atoms with Crippen molar-refractivity contribution in [2.75, 3.05) is 13.2 Å². The summed E-state index contributed by atoms with van der Waals surface area (Å²) in [6, 6.07) is 20.2. The Morgan fingerprint density at radius 1 is 0.853 bits per heavy atom. The Bertz CT molecular complexity index is 1110. The third kappa shape index (κ3) is 7.74. The fourth-order valence-corrected chi connectivity index (χ4v) is 3.40. The number of nitrogens with one attached hydrogen (secondary N) is 3. The second-order valence-electron chi connectivity index (χ2n) is 7.66. The van der Waals surface area contributed by atoms with Gasteiger partial charge in [0, 0.05) is 10.9 Å². The fraction of sp³-hybridized carbons (Fsp3) is 0.269. The van der Waals surface area contributed by atoms with Crippen molar-refractivity contribution >= 4 is 39.9 Å². The van der Waals surface area contributed by atoms with Crippen LogP contribution in [0.25, 0.3) is 10.8 Å². The van der Waals surface area contributed by atoms with E-state index in [1.807, 2.05) is 36.4 Å². The van der Waals surface area contributed by atoms with Crippen LogP contribution >= 0.6 is 12.2 Å². The van der Waals surface area contributed by atoms with Gasteiger partial charge in [-0.2, -0.15) is 0 Å². The van der Waals surface area contributed by atoms with Gasteiger partial charge in [0.15, 0.2) is 11.7 Å². The predicted octanol–water partition coefficient (Wildman–Crippen LogP) is 4.51. The van der Waals surface area contributed by atoms with E-state index in [9.17, 15) is 9.59 Å². The number of carbonyl (C=O) groups excluding carboxylic acids is 2. The summed E-state index contributed by atoms with van der Waals surface area (Å²) in [6.45, 7) is 2.61. The molecule has 0 radical (unpaired) electrons. The van der Waals surface area contributed by atoms with Crippen LogP contribution in [-0.4, -0.2) is 30.1 Å². The molecular weight excluding hydrogens is 450 g/mol. The summed E-state index contributed by atoms with van der Waals surface area (Å²) in [5, 5.41) is 4.43. The van der Waals surface area contributed by atoms with E-state index in [4.69, 9.17) is 21.7 Å². The lowest BCUT2D eigenvalue weighted by atomic mass is 10.1. The minimum atomic E-state index is -0.440. The molecule has 0 bridgehead atoms. The van der Waals surface area contributed by atoms with Crippen LogP contribution in [0.5, 0.6) is 11.5 Å². The summed E-state index contributed by atoms with van der Waals surface area (Å²) < 4.78 is 11.3. The van der Waals surface area contributed by atoms with Crippen LogP contribution in [0.2, 0.25) is 0 Å². The summed E-state index contributed by atoms with van der Waals surface area (Å²) in [4.78, 5) is 24.5. The quantitative estimate of drug-likeness (QED) is 0.225. The summed E-state index contributed by atoms with van der Waals surface area (Å²) in [5.74, 6) is 0.489. The first-order chi connectivity index (χ1) is 16.6. The van der Waals surface area contributed by atoms with Crippen LogP contribution in [0.3, 0.4) is 0 Å². The Morgan fingerprint density at radius 2 is 1.62 bits per heavy atom. The van der Waals surface area contributed by atoms with Gasteiger partial charge in [0.25, 0.3) is 11.8 Å². The van der Waals surface area contributed by atoms with E-state index in [-0.39, 0.29) is 11.7 Å². The van der Waals surface area contributed by atoms with Gasteiger partial charge in [-0.25, -0.2) is 0 Å². The normalized spacial score (nSPS) is 10.4. The zero-order valence-electron chi connectivity index (χ0n) is 19.1. The van der Waals surface area contributed by atoms with Gasteiger partial charge in [-0.1, -0.05) is 62.6 Å². The van der Waals surface area contributed by atoms with Crippen molar-refractivity contribution in [2.24, 2.45) is 0 Å². The molecule has 34 heavy (non-hydrogen) atoms. The first-order valence-electron chi connectivity index (χ1n) is 11.3. The van der Waals surface area contributed by atoms with E-state index in [2.05, 4.69) is 23.1 Å². The molecule has 0 aromatic heterocycles. The Kier molecular flexibility index (Phi) is 9.66. The van der Waals surface area contributed by atoms with E-state index in [0.717, 1.165) is 23.6 Å². The van der Waals surface area contributed by atoms with Gasteiger partial charge in [-0.05, 0) is 54.4 Å². The highest BCUT2D eigenvalue weighted by Gasteiger charge is 2.10. The average molecular weight is 480 g/mol. The highest BCUT2D eigenvalue weighted by molar-refractivity contribution is 7.80. The molecular formula is C26H29N3O4S. The minimum absolute atomic E-state index is 0.0280. The smallest absolute Gasteiger partial charge is 0.276 e. The first kappa shape index (κ1) is 25.0. The van der Waals surface area contributed by atoms with Crippen LogP contribution < -0.4 is 25.6 Å². The van der Waals surface area contributed by atoms with Gasteiger partial charge in [-0.15, -0.1) is 0 Å². The number of carbonyl (C=O) groups is 2. The molecule has 0 saturated carbocycles. The second kappa shape index (κ2) is 13.2. The molecule has 7 nitrogen and oxygen atoms in total. The monoisotopic (exact) mass is 479 g/mol. The number of hydrogen-bond donors (Lipinski definition) is 3. The number of ether oxygens (including phenoxy) is 2. The third-order valence-electron chi connectivity index (χ3n) is 5.03.